The Morgan fingerprint density at radius 3 is 2.40 bits per heavy atom. The maximum absolute atomic E-state index is 11.6. The van der Waals surface area contributed by atoms with Crippen LogP contribution in [0.5, 0.6) is 0 Å². The lowest BCUT2D eigenvalue weighted by atomic mass is 10.0. The van der Waals surface area contributed by atoms with E-state index in [4.69, 9.17) is 10.5 Å². The lowest BCUT2D eigenvalue weighted by Crippen LogP contribution is -2.42. The quantitative estimate of drug-likeness (QED) is 0.693. The van der Waals surface area contributed by atoms with Crippen molar-refractivity contribution in [3.05, 3.63) is 0 Å². The fourth-order valence-corrected chi connectivity index (χ4v) is 1.11. The van der Waals surface area contributed by atoms with Crippen molar-refractivity contribution in [2.45, 2.75) is 45.8 Å². The minimum atomic E-state index is -0.407. The van der Waals surface area contributed by atoms with E-state index in [9.17, 15) is 4.79 Å². The fourth-order valence-electron chi connectivity index (χ4n) is 1.11. The van der Waals surface area contributed by atoms with Crippen LogP contribution in [0.4, 0.5) is 0 Å². The van der Waals surface area contributed by atoms with Crippen molar-refractivity contribution in [1.29, 1.82) is 0 Å². The number of nitrogens with two attached hydrogens (primary N) is 1. The zero-order valence-corrected chi connectivity index (χ0v) is 10.5. The molecule has 4 nitrogen and oxygen atoms in total. The van der Waals surface area contributed by atoms with Crippen LogP contribution in [0, 0.1) is 5.92 Å². The van der Waals surface area contributed by atoms with Gasteiger partial charge in [0.1, 0.15) is 0 Å². The summed E-state index contributed by atoms with van der Waals surface area (Å²) in [5.74, 6) is 0.300. The largest absolute Gasteiger partial charge is 0.378 e. The van der Waals surface area contributed by atoms with Crippen molar-refractivity contribution in [2.75, 3.05) is 13.7 Å². The van der Waals surface area contributed by atoms with E-state index in [1.54, 1.807) is 7.11 Å². The summed E-state index contributed by atoms with van der Waals surface area (Å²) in [7, 11) is 1.61. The number of nitrogens with one attached hydrogen (secondary N) is 1. The zero-order valence-electron chi connectivity index (χ0n) is 10.5. The number of ether oxygens (including phenoxy) is 1. The van der Waals surface area contributed by atoms with Gasteiger partial charge in [-0.1, -0.05) is 6.92 Å². The van der Waals surface area contributed by atoms with Gasteiger partial charge in [0.2, 0.25) is 5.91 Å². The molecule has 0 rings (SSSR count). The molecule has 0 saturated carbocycles. The summed E-state index contributed by atoms with van der Waals surface area (Å²) in [6.07, 6.45) is 0.366. The molecule has 4 heteroatoms. The van der Waals surface area contributed by atoms with E-state index in [0.717, 1.165) is 0 Å². The molecule has 2 atom stereocenters. The normalized spacial score (nSPS) is 15.9. The van der Waals surface area contributed by atoms with Crippen LogP contribution in [0.25, 0.3) is 0 Å². The maximum atomic E-state index is 11.6. The van der Waals surface area contributed by atoms with Crippen LogP contribution in [0.3, 0.4) is 0 Å². The van der Waals surface area contributed by atoms with Crippen LogP contribution < -0.4 is 11.1 Å². The van der Waals surface area contributed by atoms with Gasteiger partial charge in [0.25, 0.3) is 0 Å². The van der Waals surface area contributed by atoms with Gasteiger partial charge in [-0.3, -0.25) is 4.79 Å². The summed E-state index contributed by atoms with van der Waals surface area (Å²) in [4.78, 5) is 11.6. The minimum Gasteiger partial charge on any atom is -0.378 e. The number of rotatable bonds is 6. The van der Waals surface area contributed by atoms with Crippen LogP contribution in [-0.4, -0.2) is 31.2 Å². The van der Waals surface area contributed by atoms with Gasteiger partial charge in [-0.2, -0.15) is 0 Å². The van der Waals surface area contributed by atoms with Crippen molar-refractivity contribution in [3.8, 4) is 0 Å². The molecular formula is C11H24N2O2. The third-order valence-corrected chi connectivity index (χ3v) is 2.75. The number of hydrogen-bond donors (Lipinski definition) is 2. The summed E-state index contributed by atoms with van der Waals surface area (Å²) in [6, 6.07) is 0.107. The molecule has 0 bridgehead atoms. The molecule has 15 heavy (non-hydrogen) atoms. The summed E-state index contributed by atoms with van der Waals surface area (Å²) in [5.41, 5.74) is 5.12. The van der Waals surface area contributed by atoms with E-state index in [-0.39, 0.29) is 11.9 Å². The lowest BCUT2D eigenvalue weighted by molar-refractivity contribution is -0.127. The summed E-state index contributed by atoms with van der Waals surface area (Å²) < 4.78 is 5.19. The lowest BCUT2D eigenvalue weighted by Gasteiger charge is -2.25. The summed E-state index contributed by atoms with van der Waals surface area (Å²) in [5, 5.41) is 2.92. The van der Waals surface area contributed by atoms with Gasteiger partial charge in [0, 0.05) is 13.2 Å². The fraction of sp³-hybridized carbons (Fsp3) is 0.909. The van der Waals surface area contributed by atoms with Crippen molar-refractivity contribution < 1.29 is 9.53 Å². The Labute approximate surface area is 92.6 Å². The number of carbonyl (C=O) groups excluding carboxylic acids is 1. The van der Waals surface area contributed by atoms with Gasteiger partial charge >= 0.3 is 0 Å². The van der Waals surface area contributed by atoms with Gasteiger partial charge in [-0.15, -0.1) is 0 Å². The Balaban J connectivity index is 4.04. The Kier molecular flexibility index (Phi) is 5.83. The van der Waals surface area contributed by atoms with Gasteiger partial charge in [-0.25, -0.2) is 0 Å². The van der Waals surface area contributed by atoms with Gasteiger partial charge in [0.05, 0.1) is 12.0 Å². The molecule has 0 aromatic heterocycles. The second-order valence-electron chi connectivity index (χ2n) is 4.71. The average molecular weight is 216 g/mol. The molecular weight excluding hydrogens is 192 g/mol. The highest BCUT2D eigenvalue weighted by atomic mass is 16.5. The maximum Gasteiger partial charge on any atom is 0.223 e. The molecule has 0 spiro atoms. The standard InChI is InChI=1S/C11H24N2O2/c1-8(7-12)9(2)13-10(14)6-11(3,4)15-5/h8-9H,6-7,12H2,1-5H3,(H,13,14). The molecule has 1 amide bonds. The van der Waals surface area contributed by atoms with Crippen LogP contribution >= 0.6 is 0 Å². The molecule has 0 aliphatic rings. The van der Waals surface area contributed by atoms with Crippen molar-refractivity contribution in [2.24, 2.45) is 11.7 Å². The first-order chi connectivity index (χ1) is 6.82. The third kappa shape index (κ3) is 5.74. The van der Waals surface area contributed by atoms with Gasteiger partial charge in [-0.05, 0) is 33.2 Å². The first kappa shape index (κ1) is 14.4. The number of hydrogen-bond acceptors (Lipinski definition) is 3. The van der Waals surface area contributed by atoms with E-state index in [2.05, 4.69) is 5.32 Å². The predicted molar refractivity (Wildman–Crippen MR) is 61.5 cm³/mol. The second-order valence-corrected chi connectivity index (χ2v) is 4.71. The van der Waals surface area contributed by atoms with Gasteiger partial charge in [0.15, 0.2) is 0 Å². The van der Waals surface area contributed by atoms with E-state index >= 15 is 0 Å². The zero-order chi connectivity index (χ0) is 12.1. The number of methoxy groups -OCH3 is 1. The first-order valence-electron chi connectivity index (χ1n) is 5.37. The molecule has 0 aromatic rings. The van der Waals surface area contributed by atoms with Crippen molar-refractivity contribution in [1.82, 2.24) is 5.32 Å². The summed E-state index contributed by atoms with van der Waals surface area (Å²) >= 11 is 0. The molecule has 2 unspecified atom stereocenters. The van der Waals surface area contributed by atoms with E-state index < -0.39 is 5.60 Å². The summed E-state index contributed by atoms with van der Waals surface area (Å²) in [6.45, 7) is 8.35. The van der Waals surface area contributed by atoms with Crippen LogP contribution in [0.2, 0.25) is 0 Å². The molecule has 0 radical (unpaired) electrons. The molecule has 3 N–H and O–H groups in total. The number of amides is 1. The highest BCUT2D eigenvalue weighted by Crippen LogP contribution is 2.13. The third-order valence-electron chi connectivity index (χ3n) is 2.75. The van der Waals surface area contributed by atoms with Crippen molar-refractivity contribution >= 4 is 5.91 Å². The minimum absolute atomic E-state index is 0.00894. The Morgan fingerprint density at radius 2 is 2.00 bits per heavy atom. The van der Waals surface area contributed by atoms with Crippen molar-refractivity contribution in [3.63, 3.8) is 0 Å². The highest BCUT2D eigenvalue weighted by Gasteiger charge is 2.22. The SMILES string of the molecule is COC(C)(C)CC(=O)NC(C)C(C)CN. The van der Waals surface area contributed by atoms with E-state index in [1.165, 1.54) is 0 Å². The topological polar surface area (TPSA) is 64.3 Å². The Hall–Kier alpha value is -0.610. The Bertz CT molecular complexity index is 205. The monoisotopic (exact) mass is 216 g/mol. The smallest absolute Gasteiger partial charge is 0.223 e. The Morgan fingerprint density at radius 1 is 1.47 bits per heavy atom. The predicted octanol–water partition coefficient (Wildman–Crippen LogP) is 0.901. The molecule has 0 aliphatic heterocycles. The highest BCUT2D eigenvalue weighted by molar-refractivity contribution is 5.77. The first-order valence-corrected chi connectivity index (χ1v) is 5.37. The van der Waals surface area contributed by atoms with Crippen LogP contribution in [-0.2, 0) is 9.53 Å². The molecule has 0 heterocycles. The molecule has 0 saturated heterocycles. The van der Waals surface area contributed by atoms with Crippen LogP contribution in [0.15, 0.2) is 0 Å². The average Bonchev–Trinajstić information content (AvgIpc) is 2.15. The molecule has 0 fully saturated rings. The number of carbonyl (C=O) groups is 1. The second kappa shape index (κ2) is 6.08. The molecule has 0 aromatic carbocycles. The van der Waals surface area contributed by atoms with Crippen LogP contribution in [0.1, 0.15) is 34.1 Å². The molecule has 0 aliphatic carbocycles. The van der Waals surface area contributed by atoms with E-state index in [0.29, 0.717) is 18.9 Å². The van der Waals surface area contributed by atoms with E-state index in [1.807, 2.05) is 27.7 Å². The van der Waals surface area contributed by atoms with Gasteiger partial charge < -0.3 is 15.8 Å². The molecule has 90 valence electrons.